The van der Waals surface area contributed by atoms with Crippen LogP contribution in [0.25, 0.3) is 0 Å². The van der Waals surface area contributed by atoms with Crippen molar-refractivity contribution in [2.75, 3.05) is 0 Å². The Morgan fingerprint density at radius 1 is 1.03 bits per heavy atom. The van der Waals surface area contributed by atoms with E-state index in [1.807, 2.05) is 19.9 Å². The molecule has 2 nitrogen and oxygen atoms in total. The molecule has 0 aromatic rings. The van der Waals surface area contributed by atoms with Crippen LogP contribution < -0.4 is 0 Å². The number of carbonyl (C=O) groups excluding carboxylic acids is 2. The molecular weight excluding hydrogens is 380 g/mol. The van der Waals surface area contributed by atoms with Crippen LogP contribution in [0.1, 0.15) is 106 Å². The number of allylic oxidation sites excluding steroid dienone is 2. The first-order valence-electron chi connectivity index (χ1n) is 13.2. The van der Waals surface area contributed by atoms with Crippen molar-refractivity contribution in [1.29, 1.82) is 0 Å². The summed E-state index contributed by atoms with van der Waals surface area (Å²) in [5.41, 5.74) is 2.92. The van der Waals surface area contributed by atoms with Crippen LogP contribution in [0.5, 0.6) is 0 Å². The highest BCUT2D eigenvalue weighted by Crippen LogP contribution is 2.88. The quantitative estimate of drug-likeness (QED) is 0.448. The maximum atomic E-state index is 12.6. The molecule has 2 heteroatoms. The first-order valence-corrected chi connectivity index (χ1v) is 13.2. The zero-order valence-electron chi connectivity index (χ0n) is 20.9. The molecule has 31 heavy (non-hydrogen) atoms. The van der Waals surface area contributed by atoms with Crippen LogP contribution in [0.15, 0.2) is 11.6 Å². The van der Waals surface area contributed by atoms with Gasteiger partial charge in [0.15, 0.2) is 5.78 Å². The smallest absolute Gasteiger partial charge is 0.155 e. The SMILES string of the molecule is CC(C)=CC(=O)C[C@@H](C)[C@H]1CC[C@@]2(C)[C@@H]3CC[C@H]4[C@@H](C)C(=O)CC[C@@]45C[C@@]35CC[C@]12C. The summed E-state index contributed by atoms with van der Waals surface area (Å²) in [7, 11) is 0. The van der Waals surface area contributed by atoms with E-state index in [4.69, 9.17) is 0 Å². The van der Waals surface area contributed by atoms with Gasteiger partial charge in [0.25, 0.3) is 0 Å². The van der Waals surface area contributed by atoms with E-state index in [0.29, 0.717) is 63.3 Å². The molecule has 5 aliphatic carbocycles. The van der Waals surface area contributed by atoms with Crippen LogP contribution in [0.2, 0.25) is 0 Å². The molecule has 0 aromatic carbocycles. The topological polar surface area (TPSA) is 34.1 Å². The minimum absolute atomic E-state index is 0.299. The number of ketones is 2. The molecule has 9 atom stereocenters. The monoisotopic (exact) mass is 424 g/mol. The van der Waals surface area contributed by atoms with Gasteiger partial charge in [-0.1, -0.05) is 33.3 Å². The van der Waals surface area contributed by atoms with Crippen LogP contribution in [0.4, 0.5) is 0 Å². The Bertz CT molecular complexity index is 836. The number of hydrogen-bond acceptors (Lipinski definition) is 2. The largest absolute Gasteiger partial charge is 0.299 e. The summed E-state index contributed by atoms with van der Waals surface area (Å²) < 4.78 is 0. The van der Waals surface area contributed by atoms with Crippen LogP contribution in [0.3, 0.4) is 0 Å². The van der Waals surface area contributed by atoms with Gasteiger partial charge < -0.3 is 0 Å². The number of carbonyl (C=O) groups is 2. The second-order valence-corrected chi connectivity index (χ2v) is 13.3. The van der Waals surface area contributed by atoms with Gasteiger partial charge in [-0.25, -0.2) is 0 Å². The van der Waals surface area contributed by atoms with Gasteiger partial charge in [0.2, 0.25) is 0 Å². The average Bonchev–Trinajstić information content (AvgIpc) is 3.27. The lowest BCUT2D eigenvalue weighted by molar-refractivity contribution is -0.146. The third kappa shape index (κ3) is 2.69. The van der Waals surface area contributed by atoms with E-state index in [9.17, 15) is 9.59 Å². The molecule has 0 aromatic heterocycles. The van der Waals surface area contributed by atoms with Crippen molar-refractivity contribution in [3.05, 3.63) is 11.6 Å². The van der Waals surface area contributed by atoms with E-state index in [-0.39, 0.29) is 0 Å². The summed E-state index contributed by atoms with van der Waals surface area (Å²) >= 11 is 0. The van der Waals surface area contributed by atoms with Gasteiger partial charge in [0.1, 0.15) is 5.78 Å². The molecule has 0 aliphatic heterocycles. The fraction of sp³-hybridized carbons (Fsp3) is 0.862. The molecule has 2 spiro atoms. The van der Waals surface area contributed by atoms with E-state index in [0.717, 1.165) is 17.9 Å². The van der Waals surface area contributed by atoms with E-state index in [1.165, 1.54) is 51.4 Å². The van der Waals surface area contributed by atoms with Gasteiger partial charge in [-0.05, 0) is 117 Å². The maximum absolute atomic E-state index is 12.6. The molecule has 5 fully saturated rings. The van der Waals surface area contributed by atoms with Crippen molar-refractivity contribution >= 4 is 11.6 Å². The Balaban J connectivity index is 1.41. The Hall–Kier alpha value is -0.920. The van der Waals surface area contributed by atoms with Gasteiger partial charge in [0, 0.05) is 18.8 Å². The molecule has 0 amide bonds. The lowest BCUT2D eigenvalue weighted by atomic mass is 9.43. The summed E-state index contributed by atoms with van der Waals surface area (Å²) in [6, 6.07) is 0. The normalized spacial score (nSPS) is 51.1. The summed E-state index contributed by atoms with van der Waals surface area (Å²) in [5, 5.41) is 0. The maximum Gasteiger partial charge on any atom is 0.155 e. The molecule has 0 bridgehead atoms. The molecule has 0 saturated heterocycles. The molecule has 5 saturated carbocycles. The molecule has 0 N–H and O–H groups in total. The Labute approximate surface area is 190 Å². The Morgan fingerprint density at radius 3 is 2.48 bits per heavy atom. The van der Waals surface area contributed by atoms with Crippen LogP contribution in [0, 0.1) is 51.2 Å². The highest BCUT2D eigenvalue weighted by atomic mass is 16.1. The zero-order valence-corrected chi connectivity index (χ0v) is 20.9. The third-order valence-corrected chi connectivity index (χ3v) is 12.2. The van der Waals surface area contributed by atoms with Gasteiger partial charge >= 0.3 is 0 Å². The zero-order chi connectivity index (χ0) is 22.4. The van der Waals surface area contributed by atoms with Crippen LogP contribution >= 0.6 is 0 Å². The van der Waals surface area contributed by atoms with E-state index >= 15 is 0 Å². The molecular formula is C29H44O2. The molecule has 0 unspecified atom stereocenters. The fourth-order valence-electron chi connectivity index (χ4n) is 10.6. The molecule has 0 radical (unpaired) electrons. The van der Waals surface area contributed by atoms with Crippen molar-refractivity contribution in [2.45, 2.75) is 106 Å². The fourth-order valence-corrected chi connectivity index (χ4v) is 10.6. The van der Waals surface area contributed by atoms with E-state index < -0.39 is 0 Å². The molecule has 0 heterocycles. The van der Waals surface area contributed by atoms with Crippen LogP contribution in [-0.4, -0.2) is 11.6 Å². The first kappa shape index (κ1) is 21.9. The van der Waals surface area contributed by atoms with Crippen molar-refractivity contribution in [1.82, 2.24) is 0 Å². The second-order valence-electron chi connectivity index (χ2n) is 13.3. The van der Waals surface area contributed by atoms with E-state index in [2.05, 4.69) is 27.7 Å². The standard InChI is InChI=1S/C29H44O2/c1-18(2)15-21(30)16-19(3)22-9-11-27(6)25-8-7-23-20(4)24(31)10-12-28(23)17-29(25,28)14-13-26(22,27)5/h15,19-20,22-23,25H,7-14,16-17H2,1-6H3/t19-,20-,22-,23+,25+,26-,27+,28-,29+/m1/s1. The lowest BCUT2D eigenvalue weighted by Crippen LogP contribution is -2.55. The van der Waals surface area contributed by atoms with Gasteiger partial charge in [-0.15, -0.1) is 0 Å². The molecule has 5 aliphatic rings. The Kier molecular flexibility index (Phi) is 4.80. The number of fused-ring (bicyclic) bond motifs is 2. The van der Waals surface area contributed by atoms with Crippen molar-refractivity contribution in [2.24, 2.45) is 51.2 Å². The molecule has 172 valence electrons. The predicted octanol–water partition coefficient (Wildman–Crippen LogP) is 7.17. The summed E-state index contributed by atoms with van der Waals surface area (Å²) in [4.78, 5) is 25.1. The number of hydrogen-bond donors (Lipinski definition) is 0. The van der Waals surface area contributed by atoms with Crippen molar-refractivity contribution in [3.8, 4) is 0 Å². The van der Waals surface area contributed by atoms with Crippen molar-refractivity contribution < 1.29 is 9.59 Å². The van der Waals surface area contributed by atoms with Gasteiger partial charge in [0.05, 0.1) is 0 Å². The predicted molar refractivity (Wildman–Crippen MR) is 125 cm³/mol. The van der Waals surface area contributed by atoms with Gasteiger partial charge in [-0.2, -0.15) is 0 Å². The minimum atomic E-state index is 0.299. The highest BCUT2D eigenvalue weighted by Gasteiger charge is 2.81. The number of Topliss-reactive ketones (excluding diaryl/α,β-unsaturated/α-hetero) is 1. The third-order valence-electron chi connectivity index (χ3n) is 12.2. The summed E-state index contributed by atoms with van der Waals surface area (Å²) in [6.07, 6.45) is 14.0. The lowest BCUT2D eigenvalue weighted by Gasteiger charge is -2.61. The minimum Gasteiger partial charge on any atom is -0.299 e. The molecule has 5 rings (SSSR count). The Morgan fingerprint density at radius 2 is 1.77 bits per heavy atom. The van der Waals surface area contributed by atoms with Crippen LogP contribution in [-0.2, 0) is 9.59 Å². The number of rotatable bonds is 4. The van der Waals surface area contributed by atoms with Crippen molar-refractivity contribution in [3.63, 3.8) is 0 Å². The van der Waals surface area contributed by atoms with E-state index in [1.54, 1.807) is 0 Å². The first-order chi connectivity index (χ1) is 14.5. The summed E-state index contributed by atoms with van der Waals surface area (Å²) in [5.74, 6) is 3.80. The summed E-state index contributed by atoms with van der Waals surface area (Å²) in [6.45, 7) is 13.9. The van der Waals surface area contributed by atoms with Gasteiger partial charge in [-0.3, -0.25) is 9.59 Å². The second kappa shape index (κ2) is 6.80. The average molecular weight is 425 g/mol. The highest BCUT2D eigenvalue weighted by molar-refractivity contribution is 5.90.